The molecule has 0 aromatic heterocycles. The number of benzene rings is 2. The van der Waals surface area contributed by atoms with E-state index in [4.69, 9.17) is 51.9 Å². The van der Waals surface area contributed by atoms with Crippen LogP contribution in [-0.4, -0.2) is 71.4 Å². The molecule has 3 saturated carbocycles. The van der Waals surface area contributed by atoms with Crippen molar-refractivity contribution in [2.75, 3.05) is 26.4 Å². The van der Waals surface area contributed by atoms with E-state index in [2.05, 4.69) is 15.2 Å². The maximum Gasteiger partial charge on any atom is 0.508 e. The number of phosphoric acid groups is 1. The molecule has 0 radical (unpaired) electrons. The molecule has 0 aliphatic heterocycles. The van der Waals surface area contributed by atoms with Gasteiger partial charge in [-0.2, -0.15) is 0 Å². The number of nitrogens with one attached hydrogen (secondary N) is 2. The van der Waals surface area contributed by atoms with Gasteiger partial charge in [0.15, 0.2) is 13.2 Å². The Hall–Kier alpha value is -3.20. The Labute approximate surface area is 272 Å². The fourth-order valence-electron chi connectivity index (χ4n) is 5.41. The topological polar surface area (TPSA) is 179 Å². The van der Waals surface area contributed by atoms with Crippen molar-refractivity contribution < 1.29 is 61.0 Å². The van der Waals surface area contributed by atoms with Crippen LogP contribution < -0.4 is 20.1 Å². The summed E-state index contributed by atoms with van der Waals surface area (Å²) in [5.74, 6) is -2.34. The van der Waals surface area contributed by atoms with Crippen molar-refractivity contribution in [2.24, 2.45) is 0 Å². The van der Waals surface area contributed by atoms with Crippen LogP contribution in [0.3, 0.4) is 0 Å². The number of rotatable bonds is 14. The molecule has 13 nitrogen and oxygen atoms in total. The summed E-state index contributed by atoms with van der Waals surface area (Å²) in [5, 5.41) is 5.61. The molecule has 5 rings (SSSR count). The molecule has 4 N–H and O–H groups in total. The van der Waals surface area contributed by atoms with Crippen molar-refractivity contribution in [1.29, 1.82) is 0 Å². The van der Waals surface area contributed by atoms with Crippen LogP contribution in [0.15, 0.2) is 36.4 Å². The van der Waals surface area contributed by atoms with Crippen LogP contribution in [0.5, 0.6) is 11.5 Å². The van der Waals surface area contributed by atoms with E-state index in [0.29, 0.717) is 12.8 Å². The van der Waals surface area contributed by atoms with Gasteiger partial charge in [0.2, 0.25) is 0 Å². The molecule has 252 valence electrons. The van der Waals surface area contributed by atoms with Gasteiger partial charge < -0.3 is 39.4 Å². The van der Waals surface area contributed by atoms with E-state index in [-0.39, 0.29) is 60.4 Å². The van der Waals surface area contributed by atoms with Gasteiger partial charge in [-0.15, -0.1) is 0 Å². The van der Waals surface area contributed by atoms with Gasteiger partial charge in [-0.3, -0.25) is 14.1 Å². The highest BCUT2D eigenvalue weighted by molar-refractivity contribution is 7.46. The maximum atomic E-state index is 13.8. The quantitative estimate of drug-likeness (QED) is 0.124. The summed E-state index contributed by atoms with van der Waals surface area (Å²) in [6.07, 6.45) is -0.667. The minimum atomic E-state index is -4.68. The first-order valence-electron chi connectivity index (χ1n) is 14.0. The summed E-state index contributed by atoms with van der Waals surface area (Å²) in [6, 6.07) is 7.47. The molecule has 3 aliphatic rings. The molecule has 46 heavy (non-hydrogen) atoms. The summed E-state index contributed by atoms with van der Waals surface area (Å²) in [5.41, 5.74) is -1.89. The van der Waals surface area contributed by atoms with Crippen LogP contribution in [0.4, 0.5) is 13.6 Å². The van der Waals surface area contributed by atoms with E-state index in [1.165, 1.54) is 24.3 Å². The van der Waals surface area contributed by atoms with Crippen LogP contribution in [0.2, 0.25) is 10.0 Å². The third-order valence-corrected chi connectivity index (χ3v) is 8.75. The molecule has 2 amide bonds. The highest BCUT2D eigenvalue weighted by Crippen LogP contribution is 2.48. The predicted octanol–water partition coefficient (Wildman–Crippen LogP) is 4.44. The molecular formula is C28H31Cl2F2N2O11P. The Bertz CT molecular complexity index is 1490. The highest BCUT2D eigenvalue weighted by Gasteiger charge is 2.57. The SMILES string of the molecule is O=C(COc1ccc(Cl)c(F)c1)NC12CCC(NC(=O)COc3ccc(Cl)c(F)c3)(CC1)[C@@H](OC(=O)OCCCOP(=O)(O)O)C2. The number of halogens is 4. The number of carbonyl (C=O) groups is 3. The first-order chi connectivity index (χ1) is 21.7. The third kappa shape index (κ3) is 9.90. The number of hydrogen-bond donors (Lipinski definition) is 4. The molecule has 0 saturated heterocycles. The van der Waals surface area contributed by atoms with Crippen LogP contribution >= 0.6 is 31.0 Å². The summed E-state index contributed by atoms with van der Waals surface area (Å²) in [4.78, 5) is 56.0. The molecular weight excluding hydrogens is 680 g/mol. The maximum absolute atomic E-state index is 13.8. The molecule has 18 heteroatoms. The lowest BCUT2D eigenvalue weighted by Gasteiger charge is -2.56. The average Bonchev–Trinajstić information content (AvgIpc) is 2.98. The van der Waals surface area contributed by atoms with E-state index < -0.39 is 67.8 Å². The van der Waals surface area contributed by atoms with Gasteiger partial charge in [-0.1, -0.05) is 23.2 Å². The van der Waals surface area contributed by atoms with E-state index in [9.17, 15) is 27.7 Å². The zero-order chi connectivity index (χ0) is 33.5. The molecule has 0 unspecified atom stereocenters. The Morgan fingerprint density at radius 3 is 1.93 bits per heavy atom. The molecule has 3 aliphatic carbocycles. The molecule has 1 atom stereocenters. The first kappa shape index (κ1) is 35.7. The fourth-order valence-corrected chi connectivity index (χ4v) is 6.01. The van der Waals surface area contributed by atoms with E-state index in [0.717, 1.165) is 12.1 Å². The lowest BCUT2D eigenvalue weighted by Crippen LogP contribution is -2.71. The first-order valence-corrected chi connectivity index (χ1v) is 16.3. The number of ether oxygens (including phenoxy) is 4. The second-order valence-electron chi connectivity index (χ2n) is 10.8. The third-order valence-electron chi connectivity index (χ3n) is 7.61. The van der Waals surface area contributed by atoms with E-state index in [1.807, 2.05) is 0 Å². The molecule has 2 aromatic carbocycles. The van der Waals surface area contributed by atoms with Crippen molar-refractivity contribution in [3.05, 3.63) is 58.1 Å². The number of carbonyl (C=O) groups excluding carboxylic acids is 3. The van der Waals surface area contributed by atoms with Gasteiger partial charge >= 0.3 is 14.0 Å². The largest absolute Gasteiger partial charge is 0.508 e. The Morgan fingerprint density at radius 2 is 1.41 bits per heavy atom. The zero-order valence-corrected chi connectivity index (χ0v) is 26.5. The van der Waals surface area contributed by atoms with Crippen LogP contribution in [0.25, 0.3) is 0 Å². The monoisotopic (exact) mass is 710 g/mol. The van der Waals surface area contributed by atoms with Crippen LogP contribution in [0.1, 0.15) is 38.5 Å². The van der Waals surface area contributed by atoms with Crippen LogP contribution in [0, 0.1) is 11.6 Å². The molecule has 2 bridgehead atoms. The number of phosphoric ester groups is 1. The summed E-state index contributed by atoms with van der Waals surface area (Å²) in [7, 11) is -4.68. The van der Waals surface area contributed by atoms with Crippen molar-refractivity contribution >= 4 is 49.0 Å². The average molecular weight is 711 g/mol. The van der Waals surface area contributed by atoms with Gasteiger partial charge in [0, 0.05) is 30.5 Å². The molecule has 0 heterocycles. The summed E-state index contributed by atoms with van der Waals surface area (Å²) < 4.78 is 64.1. The van der Waals surface area contributed by atoms with Gasteiger partial charge in [0.1, 0.15) is 29.2 Å². The van der Waals surface area contributed by atoms with Crippen molar-refractivity contribution in [3.8, 4) is 11.5 Å². The van der Waals surface area contributed by atoms with Crippen LogP contribution in [-0.2, 0) is 28.2 Å². The molecule has 0 spiro atoms. The Kier molecular flexibility index (Phi) is 11.7. The Balaban J connectivity index is 1.39. The standard InChI is InChI=1S/C28H31Cl2F2N2O11P/c29-19-4-2-17(12-21(19)31)42-15-24(35)33-27-6-8-28(9-7-27,34-25(36)16-43-18-3-5-20(30)22(32)13-18)23(14-27)45-26(37)41-10-1-11-44-46(38,39)40/h2-5,12-13,23H,1,6-11,14-16H2,(H,33,35)(H,34,36)(H2,38,39,40)/t23-,27?,28?/m0/s1. The summed E-state index contributed by atoms with van der Waals surface area (Å²) >= 11 is 11.4. The smallest absolute Gasteiger partial charge is 0.484 e. The minimum Gasteiger partial charge on any atom is -0.484 e. The lowest BCUT2D eigenvalue weighted by molar-refractivity contribution is -0.139. The van der Waals surface area contributed by atoms with Gasteiger partial charge in [-0.25, -0.2) is 18.1 Å². The second kappa shape index (κ2) is 15.1. The van der Waals surface area contributed by atoms with Gasteiger partial charge in [0.05, 0.1) is 28.8 Å². The van der Waals surface area contributed by atoms with E-state index >= 15 is 0 Å². The summed E-state index contributed by atoms with van der Waals surface area (Å²) in [6.45, 7) is -1.57. The van der Waals surface area contributed by atoms with E-state index in [1.54, 1.807) is 0 Å². The number of fused-ring (bicyclic) bond motifs is 3. The van der Waals surface area contributed by atoms with Crippen molar-refractivity contribution in [3.63, 3.8) is 0 Å². The van der Waals surface area contributed by atoms with Crippen molar-refractivity contribution in [2.45, 2.75) is 55.7 Å². The Morgan fingerprint density at radius 1 is 0.870 bits per heavy atom. The highest BCUT2D eigenvalue weighted by atomic mass is 35.5. The predicted molar refractivity (Wildman–Crippen MR) is 157 cm³/mol. The van der Waals surface area contributed by atoms with Crippen molar-refractivity contribution in [1.82, 2.24) is 10.6 Å². The molecule has 2 aromatic rings. The minimum absolute atomic E-state index is 0.0348. The lowest BCUT2D eigenvalue weighted by atomic mass is 9.59. The molecule has 3 fully saturated rings. The van der Waals surface area contributed by atoms with Gasteiger partial charge in [0.25, 0.3) is 11.8 Å². The fraction of sp³-hybridized carbons (Fsp3) is 0.464. The second-order valence-corrected chi connectivity index (χ2v) is 12.9. The number of hydrogen-bond acceptors (Lipinski definition) is 9. The van der Waals surface area contributed by atoms with Gasteiger partial charge in [-0.05, 0) is 49.9 Å². The normalized spacial score (nSPS) is 22.1. The number of amides is 2. The zero-order valence-electron chi connectivity index (χ0n) is 24.1.